The lowest BCUT2D eigenvalue weighted by atomic mass is 10.0. The summed E-state index contributed by atoms with van der Waals surface area (Å²) in [6.45, 7) is 2.13. The van der Waals surface area contributed by atoms with Gasteiger partial charge in [0.15, 0.2) is 11.5 Å². The van der Waals surface area contributed by atoms with E-state index in [1.807, 2.05) is 0 Å². The van der Waals surface area contributed by atoms with Crippen LogP contribution in [0.15, 0.2) is 18.2 Å². The molecule has 0 radical (unpaired) electrons. The second kappa shape index (κ2) is 11.1. The lowest BCUT2D eigenvalue weighted by molar-refractivity contribution is -0.144. The first-order chi connectivity index (χ1) is 11.8. The van der Waals surface area contributed by atoms with Crippen LogP contribution in [-0.2, 0) is 30.3 Å². The first kappa shape index (κ1) is 23.4. The average molecular weight is 389 g/mol. The number of nitrogens with two attached hydrogens (primary N) is 1. The number of carbonyl (C=O) groups excluding carboxylic acids is 4. The van der Waals surface area contributed by atoms with E-state index in [1.165, 1.54) is 33.1 Å². The Morgan fingerprint density at radius 1 is 1.08 bits per heavy atom. The first-order valence-electron chi connectivity index (χ1n) is 7.33. The zero-order valence-electron chi connectivity index (χ0n) is 14.6. The summed E-state index contributed by atoms with van der Waals surface area (Å²) in [5.41, 5.74) is 5.77. The Kier molecular flexibility index (Phi) is 9.93. The number of esters is 3. The van der Waals surface area contributed by atoms with Crippen LogP contribution in [0.1, 0.15) is 19.4 Å². The van der Waals surface area contributed by atoms with Crippen LogP contribution >= 0.6 is 12.4 Å². The molecule has 0 saturated heterocycles. The number of halogens is 1. The SMILES string of the molecule is COC(=O)[C@H](Cc1ccc(OC(C)=O)c(OC(C)=O)c1)NC(=O)CN.Cl. The topological polar surface area (TPSA) is 134 Å². The smallest absolute Gasteiger partial charge is 0.328 e. The predicted molar refractivity (Wildman–Crippen MR) is 93.0 cm³/mol. The number of methoxy groups -OCH3 is 1. The number of amides is 1. The van der Waals surface area contributed by atoms with E-state index in [2.05, 4.69) is 10.1 Å². The minimum atomic E-state index is -0.967. The van der Waals surface area contributed by atoms with E-state index in [1.54, 1.807) is 6.07 Å². The zero-order valence-corrected chi connectivity index (χ0v) is 15.4. The molecule has 1 atom stereocenters. The van der Waals surface area contributed by atoms with E-state index >= 15 is 0 Å². The van der Waals surface area contributed by atoms with E-state index in [9.17, 15) is 19.2 Å². The number of nitrogens with one attached hydrogen (secondary N) is 1. The number of benzene rings is 1. The summed E-state index contributed by atoms with van der Waals surface area (Å²) in [4.78, 5) is 45.6. The number of ether oxygens (including phenoxy) is 3. The Morgan fingerprint density at radius 2 is 1.65 bits per heavy atom. The molecular formula is C16H21ClN2O7. The van der Waals surface area contributed by atoms with E-state index in [0.717, 1.165) is 0 Å². The maximum atomic E-state index is 11.8. The van der Waals surface area contributed by atoms with Gasteiger partial charge in [-0.2, -0.15) is 0 Å². The van der Waals surface area contributed by atoms with Crippen LogP contribution in [0.5, 0.6) is 11.5 Å². The van der Waals surface area contributed by atoms with Crippen molar-refractivity contribution in [1.29, 1.82) is 0 Å². The van der Waals surface area contributed by atoms with E-state index in [-0.39, 0.29) is 36.9 Å². The van der Waals surface area contributed by atoms with Crippen molar-refractivity contribution in [3.8, 4) is 11.5 Å². The molecule has 1 amide bonds. The van der Waals surface area contributed by atoms with Crippen molar-refractivity contribution >= 4 is 36.2 Å². The molecule has 0 fully saturated rings. The van der Waals surface area contributed by atoms with Crippen LogP contribution in [0.25, 0.3) is 0 Å². The van der Waals surface area contributed by atoms with Crippen LogP contribution < -0.4 is 20.5 Å². The minimum Gasteiger partial charge on any atom is -0.467 e. The molecule has 0 aliphatic heterocycles. The van der Waals surface area contributed by atoms with Crippen LogP contribution in [0.4, 0.5) is 0 Å². The molecule has 1 aromatic rings. The number of hydrogen-bond donors (Lipinski definition) is 2. The summed E-state index contributed by atoms with van der Waals surface area (Å²) in [6, 6.07) is 3.46. The van der Waals surface area contributed by atoms with Crippen molar-refractivity contribution < 1.29 is 33.4 Å². The van der Waals surface area contributed by atoms with Crippen molar-refractivity contribution in [3.05, 3.63) is 23.8 Å². The van der Waals surface area contributed by atoms with E-state index in [4.69, 9.17) is 15.2 Å². The van der Waals surface area contributed by atoms with E-state index in [0.29, 0.717) is 5.56 Å². The number of carbonyl (C=O) groups is 4. The maximum absolute atomic E-state index is 11.8. The molecule has 9 nitrogen and oxygen atoms in total. The summed E-state index contributed by atoms with van der Waals surface area (Å²) >= 11 is 0. The molecule has 3 N–H and O–H groups in total. The van der Waals surface area contributed by atoms with Gasteiger partial charge in [0.1, 0.15) is 6.04 Å². The third kappa shape index (κ3) is 7.49. The molecule has 0 unspecified atom stereocenters. The summed E-state index contributed by atoms with van der Waals surface area (Å²) in [6.07, 6.45) is 0.0625. The van der Waals surface area contributed by atoms with Gasteiger partial charge in [-0.15, -0.1) is 12.4 Å². The second-order valence-electron chi connectivity index (χ2n) is 5.02. The minimum absolute atomic E-state index is 0. The van der Waals surface area contributed by atoms with Crippen molar-refractivity contribution in [3.63, 3.8) is 0 Å². The molecule has 144 valence electrons. The van der Waals surface area contributed by atoms with Gasteiger partial charge in [-0.25, -0.2) is 4.79 Å². The van der Waals surface area contributed by atoms with Gasteiger partial charge in [0.25, 0.3) is 0 Å². The van der Waals surface area contributed by atoms with Crippen molar-refractivity contribution in [2.24, 2.45) is 5.73 Å². The van der Waals surface area contributed by atoms with Gasteiger partial charge in [-0.3, -0.25) is 14.4 Å². The van der Waals surface area contributed by atoms with Crippen molar-refractivity contribution in [2.45, 2.75) is 26.3 Å². The molecule has 26 heavy (non-hydrogen) atoms. The van der Waals surface area contributed by atoms with Gasteiger partial charge < -0.3 is 25.3 Å². The fourth-order valence-electron chi connectivity index (χ4n) is 1.98. The van der Waals surface area contributed by atoms with Gasteiger partial charge >= 0.3 is 17.9 Å². The van der Waals surface area contributed by atoms with Crippen LogP contribution in [0.2, 0.25) is 0 Å². The summed E-state index contributed by atoms with van der Waals surface area (Å²) in [5, 5.41) is 2.44. The summed E-state index contributed by atoms with van der Waals surface area (Å²) in [7, 11) is 1.19. The van der Waals surface area contributed by atoms with Gasteiger partial charge in [0.2, 0.25) is 5.91 Å². The Labute approximate surface area is 156 Å². The Hall–Kier alpha value is -2.65. The third-order valence-electron chi connectivity index (χ3n) is 2.96. The highest BCUT2D eigenvalue weighted by Crippen LogP contribution is 2.29. The number of hydrogen-bond acceptors (Lipinski definition) is 8. The molecule has 0 aliphatic carbocycles. The van der Waals surface area contributed by atoms with Gasteiger partial charge in [-0.1, -0.05) is 6.07 Å². The third-order valence-corrected chi connectivity index (χ3v) is 2.96. The Morgan fingerprint density at radius 3 is 2.15 bits per heavy atom. The molecule has 0 spiro atoms. The maximum Gasteiger partial charge on any atom is 0.328 e. The lowest BCUT2D eigenvalue weighted by Crippen LogP contribution is -2.45. The largest absolute Gasteiger partial charge is 0.467 e. The lowest BCUT2D eigenvalue weighted by Gasteiger charge is -2.17. The molecule has 0 heterocycles. The normalized spacial score (nSPS) is 10.8. The monoisotopic (exact) mass is 388 g/mol. The molecular weight excluding hydrogens is 368 g/mol. The summed E-state index contributed by atoms with van der Waals surface area (Å²) < 4.78 is 14.6. The Bertz CT molecular complexity index is 679. The van der Waals surface area contributed by atoms with Crippen LogP contribution in [0, 0.1) is 0 Å². The predicted octanol–water partition coefficient (Wildman–Crippen LogP) is 0.118. The molecule has 10 heteroatoms. The number of rotatable bonds is 7. The quantitative estimate of drug-likeness (QED) is 0.496. The Balaban J connectivity index is 0.00000625. The highest BCUT2D eigenvalue weighted by Gasteiger charge is 2.22. The molecule has 1 rings (SSSR count). The average Bonchev–Trinajstić information content (AvgIpc) is 2.54. The molecule has 0 aliphatic rings. The van der Waals surface area contributed by atoms with E-state index < -0.39 is 29.9 Å². The van der Waals surface area contributed by atoms with Crippen LogP contribution in [0.3, 0.4) is 0 Å². The summed E-state index contributed by atoms with van der Waals surface area (Å²) in [5.74, 6) is -2.27. The second-order valence-corrected chi connectivity index (χ2v) is 5.02. The fraction of sp³-hybridized carbons (Fsp3) is 0.375. The van der Waals surface area contributed by atoms with Crippen molar-refractivity contribution in [2.75, 3.05) is 13.7 Å². The van der Waals surface area contributed by atoms with Gasteiger partial charge in [0, 0.05) is 20.3 Å². The molecule has 0 bridgehead atoms. The van der Waals surface area contributed by atoms with Crippen LogP contribution in [-0.4, -0.2) is 43.5 Å². The first-order valence-corrected chi connectivity index (χ1v) is 7.33. The fourth-order valence-corrected chi connectivity index (χ4v) is 1.98. The standard InChI is InChI=1S/C16H20N2O7.ClH/c1-9(19)24-13-5-4-11(7-14(13)25-10(2)20)6-12(16(22)23-3)18-15(21)8-17;/h4-5,7,12H,6,8,17H2,1-3H3,(H,18,21);1H/t12-;/m0./s1. The highest BCUT2D eigenvalue weighted by molar-refractivity contribution is 5.86. The van der Waals surface area contributed by atoms with Crippen molar-refractivity contribution in [1.82, 2.24) is 5.32 Å². The molecule has 1 aromatic carbocycles. The molecule has 0 aromatic heterocycles. The van der Waals surface area contributed by atoms with Gasteiger partial charge in [-0.05, 0) is 17.7 Å². The zero-order chi connectivity index (χ0) is 19.0. The molecule has 0 saturated carbocycles. The highest BCUT2D eigenvalue weighted by atomic mass is 35.5. The van der Waals surface area contributed by atoms with Gasteiger partial charge in [0.05, 0.1) is 13.7 Å².